The molecule has 0 spiro atoms. The third-order valence-electron chi connectivity index (χ3n) is 6.16. The third kappa shape index (κ3) is 6.71. The fourth-order valence-corrected chi connectivity index (χ4v) is 4.25. The smallest absolute Gasteiger partial charge is 0.331 e. The van der Waals surface area contributed by atoms with Crippen molar-refractivity contribution in [3.63, 3.8) is 0 Å². The highest BCUT2D eigenvalue weighted by Crippen LogP contribution is 2.09. The Morgan fingerprint density at radius 2 is 1.58 bits per heavy atom. The minimum atomic E-state index is -0.528. The van der Waals surface area contributed by atoms with Gasteiger partial charge in [0.2, 0.25) is 11.8 Å². The molecule has 3 rings (SSSR count). The summed E-state index contributed by atoms with van der Waals surface area (Å²) >= 11 is 0. The number of amides is 2. The van der Waals surface area contributed by atoms with E-state index in [1.54, 1.807) is 29.2 Å². The van der Waals surface area contributed by atoms with Gasteiger partial charge in [-0.05, 0) is 43.9 Å². The van der Waals surface area contributed by atoms with Gasteiger partial charge in [0.1, 0.15) is 6.54 Å². The molecule has 0 radical (unpaired) electrons. The molecule has 2 aromatic carbocycles. The molecule has 0 aliphatic rings. The van der Waals surface area contributed by atoms with E-state index in [9.17, 15) is 19.2 Å². The molecule has 36 heavy (non-hydrogen) atoms. The number of carbonyl (C=O) groups is 2. The third-order valence-corrected chi connectivity index (χ3v) is 6.16. The summed E-state index contributed by atoms with van der Waals surface area (Å²) in [6.07, 6.45) is 2.17. The van der Waals surface area contributed by atoms with Crippen LogP contribution in [0.1, 0.15) is 50.7 Å². The zero-order valence-corrected chi connectivity index (χ0v) is 21.5. The standard InChI is InChI=1S/C28H36N4O4/c1-4-16-30(17-5-2)26(34)20-32-24-10-7-6-9-23(24)27(35)31(28(32)36)18-8-11-25(33)29-19-22-14-12-21(3)13-15-22/h6-7,9-10,12-15H,4-5,8,11,16-20H2,1-3H3,(H,29,33). The molecule has 0 saturated heterocycles. The number of nitrogens with one attached hydrogen (secondary N) is 1. The summed E-state index contributed by atoms with van der Waals surface area (Å²) in [4.78, 5) is 53.6. The lowest BCUT2D eigenvalue weighted by molar-refractivity contribution is -0.132. The predicted molar refractivity (Wildman–Crippen MR) is 142 cm³/mol. The number of aryl methyl sites for hydroxylation is 1. The van der Waals surface area contributed by atoms with Crippen LogP contribution in [0.5, 0.6) is 0 Å². The van der Waals surface area contributed by atoms with Crippen molar-refractivity contribution in [3.8, 4) is 0 Å². The van der Waals surface area contributed by atoms with Gasteiger partial charge in [0.15, 0.2) is 0 Å². The number of para-hydroxylation sites is 1. The summed E-state index contributed by atoms with van der Waals surface area (Å²) in [6.45, 7) is 7.67. The molecule has 8 nitrogen and oxygen atoms in total. The van der Waals surface area contributed by atoms with E-state index >= 15 is 0 Å². The SMILES string of the molecule is CCCN(CCC)C(=O)Cn1c(=O)n(CCCC(=O)NCc2ccc(C)cc2)c(=O)c2ccccc21. The Hall–Kier alpha value is -3.68. The van der Waals surface area contributed by atoms with Gasteiger partial charge in [0.05, 0.1) is 10.9 Å². The number of benzene rings is 2. The van der Waals surface area contributed by atoms with Crippen molar-refractivity contribution in [1.29, 1.82) is 0 Å². The van der Waals surface area contributed by atoms with Gasteiger partial charge in [-0.3, -0.25) is 23.5 Å². The number of hydrogen-bond donors (Lipinski definition) is 1. The number of nitrogens with zero attached hydrogens (tertiary/aromatic N) is 3. The van der Waals surface area contributed by atoms with Crippen LogP contribution in [0.3, 0.4) is 0 Å². The van der Waals surface area contributed by atoms with Gasteiger partial charge in [0.25, 0.3) is 5.56 Å². The summed E-state index contributed by atoms with van der Waals surface area (Å²) in [7, 11) is 0. The second-order valence-electron chi connectivity index (χ2n) is 9.09. The van der Waals surface area contributed by atoms with Crippen LogP contribution in [0.2, 0.25) is 0 Å². The number of hydrogen-bond acceptors (Lipinski definition) is 4. The van der Waals surface area contributed by atoms with Crippen molar-refractivity contribution < 1.29 is 9.59 Å². The second kappa shape index (κ2) is 12.9. The lowest BCUT2D eigenvalue weighted by atomic mass is 10.1. The van der Waals surface area contributed by atoms with Gasteiger partial charge in [-0.15, -0.1) is 0 Å². The Balaban J connectivity index is 1.75. The van der Waals surface area contributed by atoms with Crippen LogP contribution in [0, 0.1) is 6.92 Å². The molecule has 8 heteroatoms. The van der Waals surface area contributed by atoms with Crippen LogP contribution in [0.15, 0.2) is 58.1 Å². The number of rotatable bonds is 12. The molecular weight excluding hydrogens is 456 g/mol. The minimum absolute atomic E-state index is 0.0995. The second-order valence-corrected chi connectivity index (χ2v) is 9.09. The maximum atomic E-state index is 13.3. The molecule has 3 aromatic rings. The molecule has 0 aliphatic carbocycles. The molecule has 1 N–H and O–H groups in total. The van der Waals surface area contributed by atoms with E-state index in [4.69, 9.17) is 0 Å². The Kier molecular flexibility index (Phi) is 9.61. The lowest BCUT2D eigenvalue weighted by Crippen LogP contribution is -2.44. The molecule has 2 amide bonds. The normalized spacial score (nSPS) is 11.0. The average Bonchev–Trinajstić information content (AvgIpc) is 2.88. The van der Waals surface area contributed by atoms with Crippen molar-refractivity contribution in [2.45, 2.75) is 66.1 Å². The minimum Gasteiger partial charge on any atom is -0.352 e. The Labute approximate surface area is 211 Å². The van der Waals surface area contributed by atoms with Crippen LogP contribution >= 0.6 is 0 Å². The van der Waals surface area contributed by atoms with E-state index in [1.165, 1.54) is 4.57 Å². The Bertz CT molecular complexity index is 1300. The van der Waals surface area contributed by atoms with Crippen molar-refractivity contribution in [1.82, 2.24) is 19.4 Å². The van der Waals surface area contributed by atoms with Crippen molar-refractivity contribution in [2.75, 3.05) is 13.1 Å². The Morgan fingerprint density at radius 1 is 0.917 bits per heavy atom. The molecule has 0 fully saturated rings. The Morgan fingerprint density at radius 3 is 2.25 bits per heavy atom. The quantitative estimate of drug-likeness (QED) is 0.420. The number of aromatic nitrogens is 2. The van der Waals surface area contributed by atoms with E-state index in [0.717, 1.165) is 28.5 Å². The van der Waals surface area contributed by atoms with E-state index in [0.29, 0.717) is 37.0 Å². The predicted octanol–water partition coefficient (Wildman–Crippen LogP) is 3.22. The molecule has 0 aliphatic heterocycles. The van der Waals surface area contributed by atoms with Crippen molar-refractivity contribution in [2.24, 2.45) is 0 Å². The highest BCUT2D eigenvalue weighted by atomic mass is 16.2. The molecular formula is C28H36N4O4. The highest BCUT2D eigenvalue weighted by Gasteiger charge is 2.18. The van der Waals surface area contributed by atoms with Crippen LogP contribution in [0.4, 0.5) is 0 Å². The van der Waals surface area contributed by atoms with Crippen LogP contribution in [0.25, 0.3) is 10.9 Å². The molecule has 0 saturated carbocycles. The molecule has 1 heterocycles. The average molecular weight is 493 g/mol. The first kappa shape index (κ1) is 26.9. The molecule has 0 bridgehead atoms. The molecule has 192 valence electrons. The maximum Gasteiger partial charge on any atom is 0.331 e. The maximum absolute atomic E-state index is 13.3. The first-order valence-corrected chi connectivity index (χ1v) is 12.7. The zero-order valence-electron chi connectivity index (χ0n) is 21.5. The first-order valence-electron chi connectivity index (χ1n) is 12.7. The molecule has 1 aromatic heterocycles. The van der Waals surface area contributed by atoms with Crippen LogP contribution in [-0.4, -0.2) is 38.9 Å². The van der Waals surface area contributed by atoms with Gasteiger partial charge >= 0.3 is 5.69 Å². The summed E-state index contributed by atoms with van der Waals surface area (Å²) in [5, 5.41) is 3.26. The summed E-state index contributed by atoms with van der Waals surface area (Å²) in [5.41, 5.74) is 1.67. The van der Waals surface area contributed by atoms with Gasteiger partial charge in [-0.1, -0.05) is 55.8 Å². The molecule has 0 atom stereocenters. The zero-order chi connectivity index (χ0) is 26.1. The van der Waals surface area contributed by atoms with Gasteiger partial charge < -0.3 is 10.2 Å². The summed E-state index contributed by atoms with van der Waals surface area (Å²) < 4.78 is 2.53. The lowest BCUT2D eigenvalue weighted by Gasteiger charge is -2.22. The van der Waals surface area contributed by atoms with E-state index in [2.05, 4.69) is 5.32 Å². The summed E-state index contributed by atoms with van der Waals surface area (Å²) in [6, 6.07) is 14.8. The van der Waals surface area contributed by atoms with E-state index in [1.807, 2.05) is 45.0 Å². The largest absolute Gasteiger partial charge is 0.352 e. The number of carbonyl (C=O) groups excluding carboxylic acids is 2. The fourth-order valence-electron chi connectivity index (χ4n) is 4.25. The van der Waals surface area contributed by atoms with Crippen molar-refractivity contribution in [3.05, 3.63) is 80.5 Å². The molecule has 0 unspecified atom stereocenters. The van der Waals surface area contributed by atoms with Gasteiger partial charge in [-0.25, -0.2) is 4.79 Å². The fraction of sp³-hybridized carbons (Fsp3) is 0.429. The monoisotopic (exact) mass is 492 g/mol. The van der Waals surface area contributed by atoms with Crippen molar-refractivity contribution >= 4 is 22.7 Å². The first-order chi connectivity index (χ1) is 17.3. The van der Waals surface area contributed by atoms with Crippen LogP contribution in [-0.2, 0) is 29.2 Å². The van der Waals surface area contributed by atoms with E-state index in [-0.39, 0.29) is 31.3 Å². The van der Waals surface area contributed by atoms with Crippen LogP contribution < -0.4 is 16.6 Å². The topological polar surface area (TPSA) is 93.4 Å². The van der Waals surface area contributed by atoms with Gasteiger partial charge in [0, 0.05) is 32.6 Å². The van der Waals surface area contributed by atoms with Gasteiger partial charge in [-0.2, -0.15) is 0 Å². The van der Waals surface area contributed by atoms with E-state index < -0.39 is 11.2 Å². The summed E-state index contributed by atoms with van der Waals surface area (Å²) in [5.74, 6) is -0.290. The highest BCUT2D eigenvalue weighted by molar-refractivity contribution is 5.81. The number of fused-ring (bicyclic) bond motifs is 1.